The summed E-state index contributed by atoms with van der Waals surface area (Å²) in [6.07, 6.45) is 0.0295. The number of nitrogens with zero attached hydrogens (tertiary/aromatic N) is 1. The summed E-state index contributed by atoms with van der Waals surface area (Å²) < 4.78 is 18.7. The van der Waals surface area contributed by atoms with Gasteiger partial charge in [-0.05, 0) is 48.3 Å². The van der Waals surface area contributed by atoms with Gasteiger partial charge in [0.15, 0.2) is 5.60 Å². The number of aliphatic hydroxyl groups is 1. The number of hydrogen-bond acceptors (Lipinski definition) is 10. The van der Waals surface area contributed by atoms with E-state index < -0.39 is 70.0 Å². The minimum Gasteiger partial charge on any atom is -0.455 e. The number of hydrogen-bond donors (Lipinski definition) is 2. The molecule has 12 heteroatoms. The van der Waals surface area contributed by atoms with Crippen LogP contribution in [0.3, 0.4) is 0 Å². The van der Waals surface area contributed by atoms with Crippen molar-refractivity contribution in [3.8, 4) is 0 Å². The van der Waals surface area contributed by atoms with Crippen LogP contribution in [0, 0.1) is 45.8 Å². The molecule has 1 radical (unpaired) electrons. The Kier molecular flexibility index (Phi) is 11.7. The van der Waals surface area contributed by atoms with Crippen LogP contribution in [0.4, 0.5) is 0 Å². The molecule has 3 aliphatic carbocycles. The second kappa shape index (κ2) is 15.1. The SMILES string of the molecule is CC(=O)O[C@@]12CO[C@@H]1C[C@H](C)[C@@]1(C)C(=O)[CH-]C3=C(C)[C@@H](CC(=O)[C@H](C)[C@@H](NN=O)c4ccccc4)C[C@@](O)([C@@H](OC(=O)c4ccccc4)[C@H]21)C3(C)C.[Y]. The van der Waals surface area contributed by atoms with E-state index in [-0.39, 0.29) is 75.2 Å². The number of fused-ring (bicyclic) bond motifs is 5. The quantitative estimate of drug-likeness (QED) is 0.125. The van der Waals surface area contributed by atoms with Gasteiger partial charge < -0.3 is 24.1 Å². The van der Waals surface area contributed by atoms with Crippen LogP contribution in [0.5, 0.6) is 0 Å². The summed E-state index contributed by atoms with van der Waals surface area (Å²) in [4.78, 5) is 67.4. The van der Waals surface area contributed by atoms with Gasteiger partial charge in [-0.2, -0.15) is 12.0 Å². The van der Waals surface area contributed by atoms with Crippen molar-refractivity contribution in [3.05, 3.63) is 94.3 Å². The third kappa shape index (κ3) is 6.63. The van der Waals surface area contributed by atoms with E-state index in [0.29, 0.717) is 12.0 Å². The van der Waals surface area contributed by atoms with Gasteiger partial charge in [0.1, 0.15) is 23.6 Å². The van der Waals surface area contributed by atoms with Gasteiger partial charge in [-0.25, -0.2) is 10.4 Å². The first-order valence-corrected chi connectivity index (χ1v) is 18.1. The van der Waals surface area contributed by atoms with Crippen molar-refractivity contribution in [1.29, 1.82) is 0 Å². The zero-order chi connectivity index (χ0) is 37.8. The van der Waals surface area contributed by atoms with E-state index in [4.69, 9.17) is 14.2 Å². The van der Waals surface area contributed by atoms with Crippen molar-refractivity contribution in [2.45, 2.75) is 97.2 Å². The molecule has 2 aromatic carbocycles. The number of esters is 2. The number of nitroso groups, excluding NO2 is 1. The predicted octanol–water partition coefficient (Wildman–Crippen LogP) is 6.06. The van der Waals surface area contributed by atoms with Crippen molar-refractivity contribution in [2.24, 2.45) is 39.8 Å². The van der Waals surface area contributed by atoms with Crippen molar-refractivity contribution in [3.63, 3.8) is 0 Å². The second-order valence-electron chi connectivity index (χ2n) is 16.1. The molecule has 0 spiro atoms. The topological polar surface area (TPSA) is 158 Å². The molecule has 4 aliphatic rings. The first kappa shape index (κ1) is 40.9. The van der Waals surface area contributed by atoms with E-state index in [2.05, 4.69) is 10.7 Å². The maximum absolute atomic E-state index is 14.9. The molecule has 0 aromatic heterocycles. The minimum absolute atomic E-state index is 0. The van der Waals surface area contributed by atoms with Crippen LogP contribution in [-0.4, -0.2) is 58.6 Å². The van der Waals surface area contributed by atoms with E-state index in [1.54, 1.807) is 43.7 Å². The van der Waals surface area contributed by atoms with Gasteiger partial charge >= 0.3 is 11.9 Å². The van der Waals surface area contributed by atoms with Crippen LogP contribution in [0.1, 0.15) is 89.7 Å². The van der Waals surface area contributed by atoms with Crippen molar-refractivity contribution < 1.29 is 71.2 Å². The van der Waals surface area contributed by atoms with Gasteiger partial charge in [0.05, 0.1) is 35.2 Å². The Morgan fingerprint density at radius 2 is 1.70 bits per heavy atom. The summed E-state index contributed by atoms with van der Waals surface area (Å²) in [7, 11) is 0. The maximum Gasteiger partial charge on any atom is 0.338 e. The number of benzene rings is 2. The molecule has 1 heterocycles. The van der Waals surface area contributed by atoms with Crippen LogP contribution in [0.15, 0.2) is 77.1 Å². The van der Waals surface area contributed by atoms with Gasteiger partial charge in [0.25, 0.3) is 0 Å². The molecule has 1 saturated heterocycles. The van der Waals surface area contributed by atoms with E-state index in [1.807, 2.05) is 65.0 Å². The number of carbonyl (C=O) groups excluding carboxylic acids is 4. The third-order valence-electron chi connectivity index (χ3n) is 13.1. The van der Waals surface area contributed by atoms with Gasteiger partial charge in [-0.3, -0.25) is 15.0 Å². The van der Waals surface area contributed by atoms with Crippen molar-refractivity contribution in [1.82, 2.24) is 5.43 Å². The van der Waals surface area contributed by atoms with Gasteiger partial charge in [0.2, 0.25) is 0 Å². The molecule has 53 heavy (non-hydrogen) atoms. The van der Waals surface area contributed by atoms with Gasteiger partial charge in [-0.1, -0.05) is 89.1 Å². The van der Waals surface area contributed by atoms with Crippen LogP contribution in [0.25, 0.3) is 0 Å². The number of ether oxygens (including phenoxy) is 3. The third-order valence-corrected chi connectivity index (χ3v) is 13.1. The first-order chi connectivity index (χ1) is 24.5. The van der Waals surface area contributed by atoms with Crippen LogP contribution >= 0.6 is 0 Å². The summed E-state index contributed by atoms with van der Waals surface area (Å²) in [6.45, 7) is 12.3. The Morgan fingerprint density at radius 3 is 2.26 bits per heavy atom. The molecular weight excluding hydrogens is 753 g/mol. The van der Waals surface area contributed by atoms with Crippen LogP contribution in [0.2, 0.25) is 0 Å². The molecule has 6 rings (SSSR count). The Hall–Kier alpha value is -3.25. The zero-order valence-corrected chi connectivity index (χ0v) is 34.3. The van der Waals surface area contributed by atoms with E-state index in [9.17, 15) is 29.2 Å². The van der Waals surface area contributed by atoms with Crippen LogP contribution in [-0.2, 0) is 61.3 Å². The average molecular weight is 803 g/mol. The number of carbonyl (C=O) groups is 4. The Labute approximate surface area is 336 Å². The molecule has 2 aromatic rings. The van der Waals surface area contributed by atoms with E-state index in [1.165, 1.54) is 6.92 Å². The molecule has 1 aliphatic heterocycles. The summed E-state index contributed by atoms with van der Waals surface area (Å²) >= 11 is 0. The molecular formula is C41H49N2O9Y-. The molecule has 2 N–H and O–H groups in total. The molecule has 11 nitrogen and oxygen atoms in total. The molecule has 0 unspecified atom stereocenters. The number of ketones is 2. The molecule has 2 bridgehead atoms. The van der Waals surface area contributed by atoms with E-state index >= 15 is 0 Å². The molecule has 10 atom stereocenters. The summed E-state index contributed by atoms with van der Waals surface area (Å²) in [6, 6.07) is 16.8. The predicted molar refractivity (Wildman–Crippen MR) is 191 cm³/mol. The summed E-state index contributed by atoms with van der Waals surface area (Å²) in [5.41, 5.74) is -0.772. The summed E-state index contributed by atoms with van der Waals surface area (Å²) in [5, 5.41) is 16.4. The fourth-order valence-corrected chi connectivity index (χ4v) is 9.71. The maximum atomic E-state index is 14.9. The average Bonchev–Trinajstić information content (AvgIpc) is 3.11. The fraction of sp³-hybridized carbons (Fsp3) is 0.537. The number of Topliss-reactive ketones (excluding diaryl/α,β-unsaturated/α-hetero) is 2. The molecule has 0 amide bonds. The van der Waals surface area contributed by atoms with Crippen LogP contribution < -0.4 is 5.43 Å². The fourth-order valence-electron chi connectivity index (χ4n) is 9.71. The van der Waals surface area contributed by atoms with Gasteiger partial charge in [-0.15, -0.1) is 11.8 Å². The number of rotatable bonds is 10. The van der Waals surface area contributed by atoms with Crippen molar-refractivity contribution >= 4 is 23.5 Å². The van der Waals surface area contributed by atoms with Crippen molar-refractivity contribution in [2.75, 3.05) is 6.61 Å². The second-order valence-corrected chi connectivity index (χ2v) is 16.1. The number of allylic oxidation sites excluding steroid dienone is 1. The Bertz CT molecular complexity index is 1780. The smallest absolute Gasteiger partial charge is 0.338 e. The Morgan fingerprint density at radius 1 is 1.08 bits per heavy atom. The summed E-state index contributed by atoms with van der Waals surface area (Å²) in [5.74, 6) is -4.28. The largest absolute Gasteiger partial charge is 0.455 e. The van der Waals surface area contributed by atoms with E-state index in [0.717, 1.165) is 11.1 Å². The molecule has 281 valence electrons. The normalized spacial score (nSPS) is 33.7. The number of nitrogens with one attached hydrogen (secondary N) is 1. The Balaban J connectivity index is 0.00000541. The molecule has 3 fully saturated rings. The minimum atomic E-state index is -1.87. The standard InChI is InChI=1S/C41H49N2O9.Y/c1-23-18-33-40(22-50-33,52-26(4)44)35-36(51-37(47)28-16-12-9-13-17-28)41(48)21-29(24(2)30(38(41,5)6)20-32(46)39(23,35)7)19-31(45)25(3)34(42-43-49)27-14-10-8-11-15-27;/h8-17,20,23,25,29,33-36,48H,18-19,21-22H2,1-7H3,(H,42,49);/q-1;/t23-,25-,29-,33+,34+,35-,36-,39-,40-,41+;/m0./s1. The first-order valence-electron chi connectivity index (χ1n) is 18.1. The van der Waals surface area contributed by atoms with Gasteiger partial charge in [0, 0.05) is 51.0 Å². The zero-order valence-electron chi connectivity index (χ0n) is 31.5. The monoisotopic (exact) mass is 802 g/mol. The molecule has 2 saturated carbocycles.